The highest BCUT2D eigenvalue weighted by atomic mass is 16.4. The molecule has 1 aromatic rings. The molecule has 1 aromatic heterocycles. The average Bonchev–Trinajstić information content (AvgIpc) is 2.52. The van der Waals surface area contributed by atoms with E-state index in [-0.39, 0.29) is 41.7 Å². The standard InChI is InChI=1S/C16H19N3O4/c1-9-10(16(22)23)6-7-12(17-9)15(21)19-8-14(20)18-11-4-2-3-5-13(11)19/h6-7,11,13H,2-5,8H2,1H3,(H,18,20)(H,22,23). The van der Waals surface area contributed by atoms with Gasteiger partial charge in [0.1, 0.15) is 12.2 Å². The second kappa shape index (κ2) is 5.98. The Labute approximate surface area is 133 Å². The number of piperazine rings is 1. The van der Waals surface area contributed by atoms with Gasteiger partial charge in [-0.3, -0.25) is 9.59 Å². The molecule has 7 heteroatoms. The monoisotopic (exact) mass is 317 g/mol. The molecule has 1 saturated heterocycles. The number of carboxylic acid groups (broad SMARTS) is 1. The number of carbonyl (C=O) groups excluding carboxylic acids is 2. The molecular formula is C16H19N3O4. The normalized spacial score (nSPS) is 23.9. The van der Waals surface area contributed by atoms with Crippen molar-refractivity contribution in [1.29, 1.82) is 0 Å². The quantitative estimate of drug-likeness (QED) is 0.847. The summed E-state index contributed by atoms with van der Waals surface area (Å²) in [6.07, 6.45) is 3.83. The second-order valence-corrected chi connectivity index (χ2v) is 6.09. The van der Waals surface area contributed by atoms with Crippen molar-refractivity contribution in [2.75, 3.05) is 6.54 Å². The number of nitrogens with one attached hydrogen (secondary N) is 1. The number of amides is 2. The molecule has 1 aliphatic heterocycles. The summed E-state index contributed by atoms with van der Waals surface area (Å²) >= 11 is 0. The van der Waals surface area contributed by atoms with Gasteiger partial charge in [0.2, 0.25) is 5.91 Å². The SMILES string of the molecule is Cc1nc(C(=O)N2CC(=O)NC3CCCCC32)ccc1C(=O)O. The zero-order valence-electron chi connectivity index (χ0n) is 12.9. The summed E-state index contributed by atoms with van der Waals surface area (Å²) in [7, 11) is 0. The maximum Gasteiger partial charge on any atom is 0.337 e. The summed E-state index contributed by atoms with van der Waals surface area (Å²) in [6.45, 7) is 1.59. The van der Waals surface area contributed by atoms with Crippen molar-refractivity contribution >= 4 is 17.8 Å². The highest BCUT2D eigenvalue weighted by molar-refractivity contribution is 5.97. The number of aryl methyl sites for hydroxylation is 1. The lowest BCUT2D eigenvalue weighted by molar-refractivity contribution is -0.127. The van der Waals surface area contributed by atoms with E-state index in [2.05, 4.69) is 10.3 Å². The predicted octanol–water partition coefficient (Wildman–Crippen LogP) is 0.971. The fourth-order valence-corrected chi connectivity index (χ4v) is 3.45. The molecule has 1 aliphatic carbocycles. The number of carbonyl (C=O) groups is 3. The van der Waals surface area contributed by atoms with Crippen molar-refractivity contribution in [2.24, 2.45) is 0 Å². The molecule has 7 nitrogen and oxygen atoms in total. The van der Waals surface area contributed by atoms with Crippen molar-refractivity contribution in [3.63, 3.8) is 0 Å². The molecule has 1 saturated carbocycles. The van der Waals surface area contributed by atoms with Gasteiger partial charge in [-0.1, -0.05) is 12.8 Å². The van der Waals surface area contributed by atoms with Crippen molar-refractivity contribution in [3.8, 4) is 0 Å². The van der Waals surface area contributed by atoms with E-state index in [9.17, 15) is 14.4 Å². The summed E-state index contributed by atoms with van der Waals surface area (Å²) < 4.78 is 0. The number of aromatic nitrogens is 1. The first-order valence-corrected chi connectivity index (χ1v) is 7.78. The Balaban J connectivity index is 1.87. The molecule has 2 atom stereocenters. The predicted molar refractivity (Wildman–Crippen MR) is 81.2 cm³/mol. The molecule has 2 heterocycles. The first-order chi connectivity index (χ1) is 11.0. The highest BCUT2D eigenvalue weighted by Gasteiger charge is 2.39. The van der Waals surface area contributed by atoms with Crippen molar-refractivity contribution in [3.05, 3.63) is 29.1 Å². The van der Waals surface area contributed by atoms with Crippen molar-refractivity contribution in [1.82, 2.24) is 15.2 Å². The average molecular weight is 317 g/mol. The van der Waals surface area contributed by atoms with E-state index in [0.29, 0.717) is 5.69 Å². The zero-order chi connectivity index (χ0) is 16.6. The van der Waals surface area contributed by atoms with Gasteiger partial charge in [0.15, 0.2) is 0 Å². The lowest BCUT2D eigenvalue weighted by Crippen LogP contribution is -2.63. The third-order valence-corrected chi connectivity index (χ3v) is 4.59. The summed E-state index contributed by atoms with van der Waals surface area (Å²) in [4.78, 5) is 41.4. The van der Waals surface area contributed by atoms with E-state index in [0.717, 1.165) is 25.7 Å². The minimum Gasteiger partial charge on any atom is -0.478 e. The molecule has 0 bridgehead atoms. The van der Waals surface area contributed by atoms with Crippen LogP contribution in [0.2, 0.25) is 0 Å². The number of hydrogen-bond acceptors (Lipinski definition) is 4. The smallest absolute Gasteiger partial charge is 0.337 e. The maximum atomic E-state index is 12.8. The molecule has 0 aromatic carbocycles. The van der Waals surface area contributed by atoms with Crippen LogP contribution in [0.1, 0.15) is 52.2 Å². The van der Waals surface area contributed by atoms with Gasteiger partial charge in [0.25, 0.3) is 5.91 Å². The molecule has 3 rings (SSSR count). The van der Waals surface area contributed by atoms with E-state index in [1.807, 2.05) is 0 Å². The Bertz CT molecular complexity index is 673. The number of carboxylic acids is 1. The largest absolute Gasteiger partial charge is 0.478 e. The fraction of sp³-hybridized carbons (Fsp3) is 0.500. The molecule has 2 unspecified atom stereocenters. The summed E-state index contributed by atoms with van der Waals surface area (Å²) in [5.74, 6) is -1.53. The van der Waals surface area contributed by atoms with E-state index in [1.54, 1.807) is 11.8 Å². The molecule has 122 valence electrons. The Morgan fingerprint density at radius 1 is 1.30 bits per heavy atom. The molecule has 2 aliphatic rings. The van der Waals surface area contributed by atoms with Crippen LogP contribution in [0.5, 0.6) is 0 Å². The number of hydrogen-bond donors (Lipinski definition) is 2. The number of fused-ring (bicyclic) bond motifs is 1. The lowest BCUT2D eigenvalue weighted by Gasteiger charge is -2.43. The van der Waals surface area contributed by atoms with Gasteiger partial charge in [-0.15, -0.1) is 0 Å². The van der Waals surface area contributed by atoms with Crippen molar-refractivity contribution in [2.45, 2.75) is 44.7 Å². The highest BCUT2D eigenvalue weighted by Crippen LogP contribution is 2.27. The van der Waals surface area contributed by atoms with Crippen LogP contribution in [0.4, 0.5) is 0 Å². The van der Waals surface area contributed by atoms with Gasteiger partial charge >= 0.3 is 5.97 Å². The zero-order valence-corrected chi connectivity index (χ0v) is 12.9. The van der Waals surface area contributed by atoms with Crippen LogP contribution in [0.3, 0.4) is 0 Å². The van der Waals surface area contributed by atoms with Crippen LogP contribution in [0.25, 0.3) is 0 Å². The number of nitrogens with zero attached hydrogens (tertiary/aromatic N) is 2. The Morgan fingerprint density at radius 3 is 2.74 bits per heavy atom. The number of pyridine rings is 1. The first kappa shape index (κ1) is 15.5. The van der Waals surface area contributed by atoms with Crippen LogP contribution in [0, 0.1) is 6.92 Å². The van der Waals surface area contributed by atoms with Gasteiger partial charge in [-0.25, -0.2) is 9.78 Å². The molecular weight excluding hydrogens is 298 g/mol. The molecule has 2 fully saturated rings. The van der Waals surface area contributed by atoms with E-state index in [1.165, 1.54) is 12.1 Å². The first-order valence-electron chi connectivity index (χ1n) is 7.78. The Morgan fingerprint density at radius 2 is 2.04 bits per heavy atom. The second-order valence-electron chi connectivity index (χ2n) is 6.09. The Hall–Kier alpha value is -2.44. The van der Waals surface area contributed by atoms with E-state index in [4.69, 9.17) is 5.11 Å². The van der Waals surface area contributed by atoms with Crippen LogP contribution in [0.15, 0.2) is 12.1 Å². The van der Waals surface area contributed by atoms with Gasteiger partial charge in [0.05, 0.1) is 17.3 Å². The maximum absolute atomic E-state index is 12.8. The molecule has 0 radical (unpaired) electrons. The fourth-order valence-electron chi connectivity index (χ4n) is 3.45. The van der Waals surface area contributed by atoms with Crippen LogP contribution >= 0.6 is 0 Å². The van der Waals surface area contributed by atoms with Gasteiger partial charge < -0.3 is 15.3 Å². The van der Waals surface area contributed by atoms with Gasteiger partial charge in [-0.2, -0.15) is 0 Å². The van der Waals surface area contributed by atoms with Crippen LogP contribution < -0.4 is 5.32 Å². The lowest BCUT2D eigenvalue weighted by atomic mass is 9.87. The van der Waals surface area contributed by atoms with Gasteiger partial charge in [0, 0.05) is 6.04 Å². The van der Waals surface area contributed by atoms with Crippen LogP contribution in [-0.4, -0.2) is 51.4 Å². The van der Waals surface area contributed by atoms with Crippen molar-refractivity contribution < 1.29 is 19.5 Å². The number of aromatic carboxylic acids is 1. The van der Waals surface area contributed by atoms with E-state index < -0.39 is 5.97 Å². The Kier molecular flexibility index (Phi) is 4.02. The topological polar surface area (TPSA) is 99.6 Å². The minimum atomic E-state index is -1.07. The third kappa shape index (κ3) is 2.91. The van der Waals surface area contributed by atoms with Crippen LogP contribution in [-0.2, 0) is 4.79 Å². The van der Waals surface area contributed by atoms with E-state index >= 15 is 0 Å². The molecule has 23 heavy (non-hydrogen) atoms. The summed E-state index contributed by atoms with van der Waals surface area (Å²) in [5.41, 5.74) is 0.560. The molecule has 2 N–H and O–H groups in total. The minimum absolute atomic E-state index is 0.00444. The molecule has 2 amide bonds. The summed E-state index contributed by atoms with van der Waals surface area (Å²) in [6, 6.07) is 2.81. The van der Waals surface area contributed by atoms with Gasteiger partial charge in [-0.05, 0) is 31.9 Å². The number of rotatable bonds is 2. The third-order valence-electron chi connectivity index (χ3n) is 4.59. The summed E-state index contributed by atoms with van der Waals surface area (Å²) in [5, 5.41) is 12.0. The molecule has 0 spiro atoms.